The summed E-state index contributed by atoms with van der Waals surface area (Å²) in [5, 5.41) is 2.18. The zero-order valence-corrected chi connectivity index (χ0v) is 10.0. The lowest BCUT2D eigenvalue weighted by molar-refractivity contribution is -0.144. The first-order valence-corrected chi connectivity index (χ1v) is 5.23. The molecular weight excluding hydrogens is 295 g/mol. The van der Waals surface area contributed by atoms with Gasteiger partial charge in [-0.25, -0.2) is 0 Å². The van der Waals surface area contributed by atoms with E-state index < -0.39 is 35.7 Å². The lowest BCUT2D eigenvalue weighted by atomic mass is 10.3. The summed E-state index contributed by atoms with van der Waals surface area (Å²) in [5.41, 5.74) is 0. The van der Waals surface area contributed by atoms with Gasteiger partial charge in [0.2, 0.25) is 5.91 Å². The summed E-state index contributed by atoms with van der Waals surface area (Å²) in [4.78, 5) is 21.0. The van der Waals surface area contributed by atoms with Gasteiger partial charge in [0.15, 0.2) is 0 Å². The van der Waals surface area contributed by atoms with Crippen LogP contribution in [0, 0.1) is 0 Å². The molecule has 0 saturated carbocycles. The number of hydrogen-bond donors (Lipinski definition) is 1. The van der Waals surface area contributed by atoms with Crippen LogP contribution in [0.4, 0.5) is 13.2 Å². The third kappa shape index (κ3) is 7.49. The highest BCUT2D eigenvalue weighted by atomic mass is 79.9. The van der Waals surface area contributed by atoms with E-state index in [-0.39, 0.29) is 6.54 Å². The van der Waals surface area contributed by atoms with E-state index >= 15 is 0 Å². The van der Waals surface area contributed by atoms with Gasteiger partial charge in [-0.15, -0.1) is 0 Å². The van der Waals surface area contributed by atoms with Crippen molar-refractivity contribution >= 4 is 27.8 Å². The molecule has 0 heterocycles. The molecule has 0 aromatic carbocycles. The van der Waals surface area contributed by atoms with Crippen molar-refractivity contribution in [3.8, 4) is 0 Å². The summed E-state index contributed by atoms with van der Waals surface area (Å²) in [6.45, 7) is -0.108. The predicted molar refractivity (Wildman–Crippen MR) is 53.0 cm³/mol. The zero-order valence-electron chi connectivity index (χ0n) is 8.44. The van der Waals surface area contributed by atoms with Crippen LogP contribution in [0.1, 0.15) is 12.8 Å². The van der Waals surface area contributed by atoms with E-state index in [9.17, 15) is 22.8 Å². The molecule has 94 valence electrons. The first-order chi connectivity index (χ1) is 7.26. The molecule has 0 aliphatic carbocycles. The number of esters is 1. The van der Waals surface area contributed by atoms with Crippen LogP contribution < -0.4 is 5.32 Å². The minimum atomic E-state index is -4.35. The number of hydrogen-bond acceptors (Lipinski definition) is 3. The highest BCUT2D eigenvalue weighted by molar-refractivity contribution is 9.10. The molecular formula is C8H11BrF3NO3. The lowest BCUT2D eigenvalue weighted by Crippen LogP contribution is -2.34. The molecule has 0 spiro atoms. The molecule has 16 heavy (non-hydrogen) atoms. The highest BCUT2D eigenvalue weighted by Crippen LogP contribution is 2.20. The van der Waals surface area contributed by atoms with Crippen molar-refractivity contribution in [3.63, 3.8) is 0 Å². The molecule has 0 bridgehead atoms. The Balaban J connectivity index is 3.78. The third-order valence-electron chi connectivity index (χ3n) is 1.57. The van der Waals surface area contributed by atoms with Gasteiger partial charge in [-0.2, -0.15) is 13.2 Å². The van der Waals surface area contributed by atoms with Crippen molar-refractivity contribution in [1.82, 2.24) is 5.32 Å². The number of rotatable bonds is 5. The zero-order chi connectivity index (χ0) is 12.8. The molecule has 0 aliphatic rings. The van der Waals surface area contributed by atoms with E-state index in [4.69, 9.17) is 0 Å². The van der Waals surface area contributed by atoms with Crippen LogP contribution >= 0.6 is 15.9 Å². The molecule has 0 radical (unpaired) electrons. The first-order valence-electron chi connectivity index (χ1n) is 4.31. The molecule has 0 rings (SSSR count). The fourth-order valence-corrected chi connectivity index (χ4v) is 1.11. The van der Waals surface area contributed by atoms with E-state index in [1.165, 1.54) is 7.11 Å². The molecule has 0 saturated heterocycles. The molecule has 1 N–H and O–H groups in total. The molecule has 0 fully saturated rings. The fraction of sp³-hybridized carbons (Fsp3) is 0.750. The van der Waals surface area contributed by atoms with E-state index in [0.29, 0.717) is 0 Å². The standard InChI is InChI=1S/C8H11BrF3NO3/c1-16-7(15)5(9)4-13-6(14)2-3-8(10,11)12/h5H,2-4H2,1H3,(H,13,14). The van der Waals surface area contributed by atoms with Crippen molar-refractivity contribution in [1.29, 1.82) is 0 Å². The van der Waals surface area contributed by atoms with Crippen molar-refractivity contribution in [3.05, 3.63) is 0 Å². The maximum absolute atomic E-state index is 11.7. The normalized spacial score (nSPS) is 13.1. The average molecular weight is 306 g/mol. The van der Waals surface area contributed by atoms with Crippen molar-refractivity contribution in [2.45, 2.75) is 23.8 Å². The van der Waals surface area contributed by atoms with Crippen molar-refractivity contribution in [2.75, 3.05) is 13.7 Å². The Hall–Kier alpha value is -0.790. The van der Waals surface area contributed by atoms with Gasteiger partial charge in [0.1, 0.15) is 4.83 Å². The number of nitrogens with one attached hydrogen (secondary N) is 1. The second-order valence-electron chi connectivity index (χ2n) is 2.91. The largest absolute Gasteiger partial charge is 0.468 e. The number of carbonyl (C=O) groups is 2. The minimum absolute atomic E-state index is 0.108. The third-order valence-corrected chi connectivity index (χ3v) is 2.27. The van der Waals surface area contributed by atoms with Gasteiger partial charge in [-0.1, -0.05) is 15.9 Å². The van der Waals surface area contributed by atoms with E-state index in [1.54, 1.807) is 0 Å². The number of carbonyl (C=O) groups excluding carboxylic acids is 2. The topological polar surface area (TPSA) is 55.4 Å². The van der Waals surface area contributed by atoms with Crippen LogP contribution in [0.3, 0.4) is 0 Å². The van der Waals surface area contributed by atoms with Gasteiger partial charge >= 0.3 is 12.1 Å². The van der Waals surface area contributed by atoms with E-state index in [0.717, 1.165) is 0 Å². The number of alkyl halides is 4. The lowest BCUT2D eigenvalue weighted by Gasteiger charge is -2.10. The summed E-state index contributed by atoms with van der Waals surface area (Å²) < 4.78 is 39.5. The Morgan fingerprint density at radius 3 is 2.44 bits per heavy atom. The van der Waals surface area contributed by atoms with Gasteiger partial charge in [0.05, 0.1) is 13.5 Å². The minimum Gasteiger partial charge on any atom is -0.468 e. The summed E-state index contributed by atoms with van der Waals surface area (Å²) in [5.74, 6) is -1.36. The Bertz CT molecular complexity index is 257. The van der Waals surface area contributed by atoms with Crippen molar-refractivity contribution in [2.24, 2.45) is 0 Å². The van der Waals surface area contributed by atoms with Crippen molar-refractivity contribution < 1.29 is 27.5 Å². The maximum atomic E-state index is 11.7. The van der Waals surface area contributed by atoms with Crippen LogP contribution in [0.25, 0.3) is 0 Å². The van der Waals surface area contributed by atoms with Gasteiger partial charge in [0.25, 0.3) is 0 Å². The van der Waals surface area contributed by atoms with Gasteiger partial charge in [-0.3, -0.25) is 9.59 Å². The maximum Gasteiger partial charge on any atom is 0.389 e. The Labute approximate surface area is 98.6 Å². The monoisotopic (exact) mass is 305 g/mol. The second kappa shape index (κ2) is 6.72. The fourth-order valence-electron chi connectivity index (χ4n) is 0.758. The number of ether oxygens (including phenoxy) is 1. The Morgan fingerprint density at radius 2 is 2.00 bits per heavy atom. The Kier molecular flexibility index (Phi) is 6.39. The molecule has 1 atom stereocenters. The van der Waals surface area contributed by atoms with Crippen LogP contribution in [0.15, 0.2) is 0 Å². The van der Waals surface area contributed by atoms with Crippen LogP contribution in [0.2, 0.25) is 0 Å². The summed E-state index contributed by atoms with van der Waals surface area (Å²) >= 11 is 2.91. The summed E-state index contributed by atoms with van der Waals surface area (Å²) in [7, 11) is 1.17. The number of amides is 1. The predicted octanol–water partition coefficient (Wildman–Crippen LogP) is 1.38. The highest BCUT2D eigenvalue weighted by Gasteiger charge is 2.28. The molecule has 0 aromatic rings. The molecule has 0 aliphatic heterocycles. The summed E-state index contributed by atoms with van der Waals surface area (Å²) in [6, 6.07) is 0. The number of halogens is 4. The quantitative estimate of drug-likeness (QED) is 0.617. The number of methoxy groups -OCH3 is 1. The SMILES string of the molecule is COC(=O)C(Br)CNC(=O)CCC(F)(F)F. The van der Waals surface area contributed by atoms with Crippen LogP contribution in [-0.2, 0) is 14.3 Å². The van der Waals surface area contributed by atoms with Crippen LogP contribution in [0.5, 0.6) is 0 Å². The Morgan fingerprint density at radius 1 is 1.44 bits per heavy atom. The summed E-state index contributed by atoms with van der Waals surface area (Å²) in [6.07, 6.45) is -6.18. The first kappa shape index (κ1) is 15.2. The van der Waals surface area contributed by atoms with Crippen LogP contribution in [-0.4, -0.2) is 36.5 Å². The van der Waals surface area contributed by atoms with Gasteiger partial charge < -0.3 is 10.1 Å². The van der Waals surface area contributed by atoms with Gasteiger partial charge in [-0.05, 0) is 0 Å². The molecule has 1 amide bonds. The smallest absolute Gasteiger partial charge is 0.389 e. The van der Waals surface area contributed by atoms with E-state index in [2.05, 4.69) is 26.0 Å². The molecule has 1 unspecified atom stereocenters. The molecule has 0 aromatic heterocycles. The van der Waals surface area contributed by atoms with Gasteiger partial charge in [0, 0.05) is 13.0 Å². The second-order valence-corrected chi connectivity index (χ2v) is 4.02. The molecule has 4 nitrogen and oxygen atoms in total. The average Bonchev–Trinajstić information content (AvgIpc) is 2.20. The van der Waals surface area contributed by atoms with E-state index in [1.807, 2.05) is 0 Å². The molecule has 8 heteroatoms.